The molecule has 0 atom stereocenters. The van der Waals surface area contributed by atoms with Gasteiger partial charge in [-0.2, -0.15) is 5.26 Å². The summed E-state index contributed by atoms with van der Waals surface area (Å²) in [5.41, 5.74) is 0.0735. The molecule has 0 radical (unpaired) electrons. The highest BCUT2D eigenvalue weighted by Crippen LogP contribution is 2.22. The lowest BCUT2D eigenvalue weighted by Crippen LogP contribution is -2.02. The summed E-state index contributed by atoms with van der Waals surface area (Å²) >= 11 is 6.84. The van der Waals surface area contributed by atoms with Crippen LogP contribution >= 0.6 is 22.9 Å². The second kappa shape index (κ2) is 4.27. The maximum atomic E-state index is 11.5. The van der Waals surface area contributed by atoms with Crippen molar-refractivity contribution in [3.8, 4) is 6.07 Å². The Labute approximate surface area is 89.9 Å². The highest BCUT2D eigenvalue weighted by Gasteiger charge is 2.16. The van der Waals surface area contributed by atoms with Gasteiger partial charge in [-0.3, -0.25) is 4.79 Å². The lowest BCUT2D eigenvalue weighted by Gasteiger charge is -1.95. The van der Waals surface area contributed by atoms with E-state index in [1.54, 1.807) is 11.4 Å². The SMILES string of the molecule is CC(O)=C(C#N)C(=O)c1csc(Cl)c1. The van der Waals surface area contributed by atoms with Crippen LogP contribution in [0.1, 0.15) is 17.3 Å². The van der Waals surface area contributed by atoms with Gasteiger partial charge in [-0.05, 0) is 13.0 Å². The van der Waals surface area contributed by atoms with Gasteiger partial charge in [-0.15, -0.1) is 11.3 Å². The Kier molecular flexibility index (Phi) is 3.28. The number of rotatable bonds is 2. The number of hydrogen-bond acceptors (Lipinski definition) is 4. The first-order chi connectivity index (χ1) is 6.56. The maximum Gasteiger partial charge on any atom is 0.207 e. The van der Waals surface area contributed by atoms with Crippen molar-refractivity contribution < 1.29 is 9.90 Å². The highest BCUT2D eigenvalue weighted by atomic mass is 35.5. The van der Waals surface area contributed by atoms with Crippen LogP contribution < -0.4 is 0 Å². The highest BCUT2D eigenvalue weighted by molar-refractivity contribution is 7.14. The lowest BCUT2D eigenvalue weighted by molar-refractivity contribution is 0.103. The molecule has 1 rings (SSSR count). The molecule has 1 aromatic heterocycles. The van der Waals surface area contributed by atoms with Crippen LogP contribution in [0.4, 0.5) is 0 Å². The zero-order valence-corrected chi connectivity index (χ0v) is 8.82. The predicted molar refractivity (Wildman–Crippen MR) is 54.6 cm³/mol. The first kappa shape index (κ1) is 10.8. The van der Waals surface area contributed by atoms with Crippen LogP contribution in [0.25, 0.3) is 0 Å². The summed E-state index contributed by atoms with van der Waals surface area (Å²) in [5.74, 6) is -0.782. The van der Waals surface area contributed by atoms with Gasteiger partial charge in [0.1, 0.15) is 17.4 Å². The predicted octanol–water partition coefficient (Wildman–Crippen LogP) is 2.94. The molecule has 0 fully saturated rings. The average molecular weight is 228 g/mol. The molecular formula is C9H6ClNO2S. The van der Waals surface area contributed by atoms with Gasteiger partial charge in [-0.25, -0.2) is 0 Å². The van der Waals surface area contributed by atoms with Crippen molar-refractivity contribution in [3.63, 3.8) is 0 Å². The van der Waals surface area contributed by atoms with Crippen molar-refractivity contribution >= 4 is 28.7 Å². The van der Waals surface area contributed by atoms with Gasteiger partial charge in [0.05, 0.1) is 4.34 Å². The molecule has 5 heteroatoms. The minimum absolute atomic E-state index is 0.250. The van der Waals surface area contributed by atoms with Crippen molar-refractivity contribution in [2.24, 2.45) is 0 Å². The molecule has 0 aliphatic heterocycles. The normalized spacial score (nSPS) is 11.8. The van der Waals surface area contributed by atoms with E-state index in [2.05, 4.69) is 0 Å². The molecule has 1 heterocycles. The van der Waals surface area contributed by atoms with Crippen LogP contribution in [-0.4, -0.2) is 10.9 Å². The Morgan fingerprint density at radius 1 is 1.71 bits per heavy atom. The van der Waals surface area contributed by atoms with E-state index in [1.165, 1.54) is 24.3 Å². The van der Waals surface area contributed by atoms with Gasteiger partial charge in [0.2, 0.25) is 5.78 Å². The molecule has 0 aromatic carbocycles. The Morgan fingerprint density at radius 3 is 2.71 bits per heavy atom. The van der Waals surface area contributed by atoms with Gasteiger partial charge < -0.3 is 5.11 Å². The number of aliphatic hydroxyl groups is 1. The van der Waals surface area contributed by atoms with Crippen molar-refractivity contribution in [2.75, 3.05) is 0 Å². The summed E-state index contributed by atoms with van der Waals surface area (Å²) < 4.78 is 0.473. The summed E-state index contributed by atoms with van der Waals surface area (Å²) in [6, 6.07) is 3.12. The van der Waals surface area contributed by atoms with E-state index in [0.29, 0.717) is 9.90 Å². The van der Waals surface area contributed by atoms with Gasteiger partial charge in [0.15, 0.2) is 0 Å². The molecular weight excluding hydrogens is 222 g/mol. The number of nitrogens with zero attached hydrogens (tertiary/aromatic N) is 1. The van der Waals surface area contributed by atoms with E-state index >= 15 is 0 Å². The molecule has 0 saturated heterocycles. The number of carbonyl (C=O) groups excluding carboxylic acids is 1. The number of Topliss-reactive ketones (excluding diaryl/α,β-unsaturated/α-hetero) is 1. The van der Waals surface area contributed by atoms with Crippen LogP contribution in [0.5, 0.6) is 0 Å². The fourth-order valence-corrected chi connectivity index (χ4v) is 1.73. The van der Waals surface area contributed by atoms with Crippen LogP contribution in [0.2, 0.25) is 4.34 Å². The number of halogens is 1. The van der Waals surface area contributed by atoms with Crippen molar-refractivity contribution in [2.45, 2.75) is 6.92 Å². The quantitative estimate of drug-likeness (QED) is 0.366. The zero-order valence-electron chi connectivity index (χ0n) is 7.24. The smallest absolute Gasteiger partial charge is 0.207 e. The molecule has 3 nitrogen and oxygen atoms in total. The monoisotopic (exact) mass is 227 g/mol. The summed E-state index contributed by atoms with van der Waals surface area (Å²) in [5, 5.41) is 19.2. The van der Waals surface area contributed by atoms with E-state index in [4.69, 9.17) is 22.0 Å². The lowest BCUT2D eigenvalue weighted by atomic mass is 10.1. The Hall–Kier alpha value is -1.31. The Morgan fingerprint density at radius 2 is 2.36 bits per heavy atom. The average Bonchev–Trinajstić information content (AvgIpc) is 2.52. The molecule has 0 unspecified atom stereocenters. The largest absolute Gasteiger partial charge is 0.511 e. The van der Waals surface area contributed by atoms with Crippen LogP contribution in [-0.2, 0) is 0 Å². The molecule has 0 amide bonds. The first-order valence-corrected chi connectivity index (χ1v) is 4.90. The Bertz CT molecular complexity index is 438. The molecule has 0 bridgehead atoms. The topological polar surface area (TPSA) is 61.1 Å². The number of carbonyl (C=O) groups is 1. The van der Waals surface area contributed by atoms with E-state index in [9.17, 15) is 4.79 Å². The first-order valence-electron chi connectivity index (χ1n) is 3.65. The molecule has 0 spiro atoms. The second-order valence-electron chi connectivity index (χ2n) is 2.54. The van der Waals surface area contributed by atoms with E-state index in [-0.39, 0.29) is 11.3 Å². The number of ketones is 1. The van der Waals surface area contributed by atoms with Gasteiger partial charge in [-0.1, -0.05) is 11.6 Å². The number of thiophene rings is 1. The fraction of sp³-hybridized carbons (Fsp3) is 0.111. The molecule has 0 aliphatic carbocycles. The summed E-state index contributed by atoms with van der Waals surface area (Å²) in [7, 11) is 0. The molecule has 0 saturated carbocycles. The van der Waals surface area contributed by atoms with Crippen molar-refractivity contribution in [1.29, 1.82) is 5.26 Å². The van der Waals surface area contributed by atoms with E-state index < -0.39 is 5.78 Å². The molecule has 0 aliphatic rings. The van der Waals surface area contributed by atoms with Crippen LogP contribution in [0.3, 0.4) is 0 Å². The summed E-state index contributed by atoms with van der Waals surface area (Å²) in [6.07, 6.45) is 0. The van der Waals surface area contributed by atoms with Crippen molar-refractivity contribution in [1.82, 2.24) is 0 Å². The summed E-state index contributed by atoms with van der Waals surface area (Å²) in [6.45, 7) is 1.30. The second-order valence-corrected chi connectivity index (χ2v) is 4.08. The van der Waals surface area contributed by atoms with Gasteiger partial charge in [0, 0.05) is 10.9 Å². The number of nitriles is 1. The molecule has 1 aromatic rings. The number of hydrogen-bond donors (Lipinski definition) is 1. The molecule has 14 heavy (non-hydrogen) atoms. The van der Waals surface area contributed by atoms with E-state index in [0.717, 1.165) is 0 Å². The minimum atomic E-state index is -0.504. The maximum absolute atomic E-state index is 11.5. The van der Waals surface area contributed by atoms with Gasteiger partial charge >= 0.3 is 0 Å². The minimum Gasteiger partial charge on any atom is -0.511 e. The zero-order chi connectivity index (χ0) is 10.7. The molecule has 1 N–H and O–H groups in total. The number of aliphatic hydroxyl groups excluding tert-OH is 1. The third-order valence-corrected chi connectivity index (χ3v) is 2.62. The van der Waals surface area contributed by atoms with Gasteiger partial charge in [0.25, 0.3) is 0 Å². The van der Waals surface area contributed by atoms with Crippen molar-refractivity contribution in [3.05, 3.63) is 32.7 Å². The number of allylic oxidation sites excluding steroid dienone is 2. The third-order valence-electron chi connectivity index (χ3n) is 1.53. The van der Waals surface area contributed by atoms with E-state index in [1.807, 2.05) is 0 Å². The standard InChI is InChI=1S/C9H6ClNO2S/c1-5(12)7(3-11)9(13)6-2-8(10)14-4-6/h2,4,12H,1H3. The molecule has 72 valence electrons. The summed E-state index contributed by atoms with van der Waals surface area (Å²) in [4.78, 5) is 11.5. The van der Waals surface area contributed by atoms with Crippen LogP contribution in [0.15, 0.2) is 22.8 Å². The Balaban J connectivity index is 3.09. The van der Waals surface area contributed by atoms with Crippen LogP contribution in [0, 0.1) is 11.3 Å². The fourth-order valence-electron chi connectivity index (χ4n) is 0.869. The third kappa shape index (κ3) is 2.13.